The summed E-state index contributed by atoms with van der Waals surface area (Å²) in [7, 11) is -3.25. The minimum atomic E-state index is -3.25. The molecule has 0 spiro atoms. The Bertz CT molecular complexity index is 614. The number of rotatable bonds is 6. The maximum absolute atomic E-state index is 12.4. The van der Waals surface area contributed by atoms with Crippen LogP contribution in [0.15, 0.2) is 0 Å². The van der Waals surface area contributed by atoms with Gasteiger partial charge in [0, 0.05) is 32.6 Å². The van der Waals surface area contributed by atoms with Crippen LogP contribution in [-0.2, 0) is 19.6 Å². The molecule has 0 unspecified atom stereocenters. The second-order valence-electron chi connectivity index (χ2n) is 7.35. The molecule has 7 nitrogen and oxygen atoms in total. The average Bonchev–Trinajstić information content (AvgIpc) is 3.22. The second kappa shape index (κ2) is 6.63. The van der Waals surface area contributed by atoms with Gasteiger partial charge in [-0.25, -0.2) is 12.7 Å². The smallest absolute Gasteiger partial charge is 0.311 e. The second-order valence-corrected chi connectivity index (χ2v) is 9.44. The summed E-state index contributed by atoms with van der Waals surface area (Å²) >= 11 is 0. The number of amides is 1. The van der Waals surface area contributed by atoms with Gasteiger partial charge in [-0.1, -0.05) is 6.42 Å². The number of likely N-dealkylation sites (tertiary alicyclic amines) is 1. The highest BCUT2D eigenvalue weighted by Gasteiger charge is 2.55. The minimum Gasteiger partial charge on any atom is -0.481 e. The SMILES string of the molecule is O=C(CCCS(=O)(=O)N1CCCC1)N1C[C@@H]2CCC[C@@]2(C(=O)O)C1. The molecule has 1 saturated carbocycles. The van der Waals surface area contributed by atoms with Gasteiger partial charge in [-0.05, 0) is 38.0 Å². The van der Waals surface area contributed by atoms with Gasteiger partial charge < -0.3 is 10.0 Å². The molecular weight excluding hydrogens is 332 g/mol. The molecule has 2 heterocycles. The highest BCUT2D eigenvalue weighted by Crippen LogP contribution is 2.49. The molecule has 1 amide bonds. The molecule has 3 fully saturated rings. The quantitative estimate of drug-likeness (QED) is 0.761. The van der Waals surface area contributed by atoms with Gasteiger partial charge in [-0.2, -0.15) is 0 Å². The Morgan fingerprint density at radius 1 is 1.17 bits per heavy atom. The summed E-state index contributed by atoms with van der Waals surface area (Å²) in [5.74, 6) is -0.856. The van der Waals surface area contributed by atoms with E-state index in [0.717, 1.165) is 25.7 Å². The summed E-state index contributed by atoms with van der Waals surface area (Å²) in [4.78, 5) is 25.7. The van der Waals surface area contributed by atoms with E-state index in [1.807, 2.05) is 0 Å². The van der Waals surface area contributed by atoms with Gasteiger partial charge in [0.15, 0.2) is 0 Å². The van der Waals surface area contributed by atoms with E-state index in [2.05, 4.69) is 0 Å². The number of sulfonamides is 1. The van der Waals surface area contributed by atoms with Crippen LogP contribution in [0, 0.1) is 11.3 Å². The van der Waals surface area contributed by atoms with Crippen molar-refractivity contribution in [3.05, 3.63) is 0 Å². The van der Waals surface area contributed by atoms with Crippen LogP contribution >= 0.6 is 0 Å². The number of carbonyl (C=O) groups excluding carboxylic acids is 1. The van der Waals surface area contributed by atoms with Crippen LogP contribution in [0.5, 0.6) is 0 Å². The molecule has 3 aliphatic rings. The molecule has 136 valence electrons. The van der Waals surface area contributed by atoms with Gasteiger partial charge >= 0.3 is 5.97 Å². The first-order valence-corrected chi connectivity index (χ1v) is 10.4. The molecule has 0 radical (unpaired) electrons. The zero-order valence-electron chi connectivity index (χ0n) is 13.9. The van der Waals surface area contributed by atoms with Crippen LogP contribution in [0.2, 0.25) is 0 Å². The number of nitrogens with zero attached hydrogens (tertiary/aromatic N) is 2. The van der Waals surface area contributed by atoms with Gasteiger partial charge in [0.2, 0.25) is 15.9 Å². The van der Waals surface area contributed by atoms with Crippen LogP contribution in [-0.4, -0.2) is 66.5 Å². The van der Waals surface area contributed by atoms with Crippen molar-refractivity contribution < 1.29 is 23.1 Å². The van der Waals surface area contributed by atoms with Crippen molar-refractivity contribution in [2.45, 2.75) is 44.9 Å². The Kier molecular flexibility index (Phi) is 4.88. The standard InChI is InChI=1S/C16H26N2O5S/c19-14(6-4-10-24(22,23)18-8-1-2-9-18)17-11-13-5-3-7-16(13,12-17)15(20)21/h13H,1-12H2,(H,20,21)/t13-,16+/m0/s1. The Balaban J connectivity index is 1.50. The Morgan fingerprint density at radius 3 is 2.50 bits per heavy atom. The van der Waals surface area contributed by atoms with E-state index in [1.54, 1.807) is 4.90 Å². The van der Waals surface area contributed by atoms with Crippen LogP contribution in [0.4, 0.5) is 0 Å². The van der Waals surface area contributed by atoms with Crippen LogP contribution in [0.25, 0.3) is 0 Å². The molecule has 3 rings (SSSR count). The summed E-state index contributed by atoms with van der Waals surface area (Å²) in [5, 5.41) is 9.55. The lowest BCUT2D eigenvalue weighted by atomic mass is 9.81. The fraction of sp³-hybridized carbons (Fsp3) is 0.875. The molecule has 0 aromatic carbocycles. The molecule has 1 aliphatic carbocycles. The Hall–Kier alpha value is -1.15. The van der Waals surface area contributed by atoms with E-state index in [1.165, 1.54) is 4.31 Å². The highest BCUT2D eigenvalue weighted by molar-refractivity contribution is 7.89. The monoisotopic (exact) mass is 358 g/mol. The van der Waals surface area contributed by atoms with Gasteiger partial charge in [-0.15, -0.1) is 0 Å². The Morgan fingerprint density at radius 2 is 1.88 bits per heavy atom. The zero-order valence-corrected chi connectivity index (χ0v) is 14.8. The van der Waals surface area contributed by atoms with Crippen molar-refractivity contribution in [1.29, 1.82) is 0 Å². The van der Waals surface area contributed by atoms with Crippen molar-refractivity contribution in [3.63, 3.8) is 0 Å². The minimum absolute atomic E-state index is 0.0000813. The maximum Gasteiger partial charge on any atom is 0.311 e. The van der Waals surface area contributed by atoms with Crippen molar-refractivity contribution in [3.8, 4) is 0 Å². The number of carbonyl (C=O) groups is 2. The third kappa shape index (κ3) is 3.18. The number of hydrogen-bond acceptors (Lipinski definition) is 4. The van der Waals surface area contributed by atoms with Gasteiger partial charge in [-0.3, -0.25) is 9.59 Å². The third-order valence-corrected chi connectivity index (χ3v) is 7.86. The number of aliphatic carboxylic acids is 1. The molecule has 0 bridgehead atoms. The number of carboxylic acid groups (broad SMARTS) is 1. The first-order valence-electron chi connectivity index (χ1n) is 8.84. The summed E-state index contributed by atoms with van der Waals surface area (Å²) in [6, 6.07) is 0. The third-order valence-electron chi connectivity index (χ3n) is 5.90. The van der Waals surface area contributed by atoms with Gasteiger partial charge in [0.05, 0.1) is 11.2 Å². The molecule has 1 N–H and O–H groups in total. The van der Waals surface area contributed by atoms with Gasteiger partial charge in [0.25, 0.3) is 0 Å². The number of carboxylic acids is 1. The van der Waals surface area contributed by atoms with Crippen LogP contribution in [0.1, 0.15) is 44.9 Å². The molecule has 2 saturated heterocycles. The molecule has 0 aromatic rings. The average molecular weight is 358 g/mol. The molecular formula is C16H26N2O5S. The van der Waals surface area contributed by atoms with E-state index in [9.17, 15) is 23.1 Å². The van der Waals surface area contributed by atoms with Crippen molar-refractivity contribution in [2.24, 2.45) is 11.3 Å². The lowest BCUT2D eigenvalue weighted by Crippen LogP contribution is -2.37. The highest BCUT2D eigenvalue weighted by atomic mass is 32.2. The van der Waals surface area contributed by atoms with E-state index < -0.39 is 21.4 Å². The molecule has 2 aliphatic heterocycles. The first-order chi connectivity index (χ1) is 11.3. The number of hydrogen-bond donors (Lipinski definition) is 1. The normalized spacial score (nSPS) is 30.7. The largest absolute Gasteiger partial charge is 0.481 e. The van der Waals surface area contributed by atoms with Crippen molar-refractivity contribution in [1.82, 2.24) is 9.21 Å². The first kappa shape index (κ1) is 17.7. The number of fused-ring (bicyclic) bond motifs is 1. The molecule has 8 heteroatoms. The van der Waals surface area contributed by atoms with E-state index >= 15 is 0 Å². The van der Waals surface area contributed by atoms with Crippen molar-refractivity contribution >= 4 is 21.9 Å². The lowest BCUT2D eigenvalue weighted by molar-refractivity contribution is -0.149. The molecule has 0 aromatic heterocycles. The van der Waals surface area contributed by atoms with Crippen LogP contribution in [0.3, 0.4) is 0 Å². The summed E-state index contributed by atoms with van der Waals surface area (Å²) in [5.41, 5.74) is -0.767. The van der Waals surface area contributed by atoms with Crippen molar-refractivity contribution in [2.75, 3.05) is 31.9 Å². The van der Waals surface area contributed by atoms with E-state index in [0.29, 0.717) is 32.5 Å². The predicted octanol–water partition coefficient (Wildman–Crippen LogP) is 0.906. The maximum atomic E-state index is 12.4. The lowest BCUT2D eigenvalue weighted by Gasteiger charge is -2.23. The molecule has 2 atom stereocenters. The Labute approximate surface area is 143 Å². The van der Waals surface area contributed by atoms with Crippen LogP contribution < -0.4 is 0 Å². The molecule has 24 heavy (non-hydrogen) atoms. The fourth-order valence-corrected chi connectivity index (χ4v) is 6.07. The summed E-state index contributed by atoms with van der Waals surface area (Å²) in [6.45, 7) is 1.96. The van der Waals surface area contributed by atoms with Gasteiger partial charge in [0.1, 0.15) is 0 Å². The fourth-order valence-electron chi connectivity index (χ4n) is 4.49. The zero-order chi connectivity index (χ0) is 17.4. The summed E-state index contributed by atoms with van der Waals surface area (Å²) in [6.07, 6.45) is 4.70. The van der Waals surface area contributed by atoms with E-state index in [4.69, 9.17) is 0 Å². The summed E-state index contributed by atoms with van der Waals surface area (Å²) < 4.78 is 25.8. The van der Waals surface area contributed by atoms with E-state index in [-0.39, 0.29) is 30.5 Å². The predicted molar refractivity (Wildman–Crippen MR) is 87.8 cm³/mol. The topological polar surface area (TPSA) is 95.0 Å².